The minimum absolute atomic E-state index is 0.0139. The number of anilines is 1. The van der Waals surface area contributed by atoms with Crippen molar-refractivity contribution in [2.45, 2.75) is 13.8 Å². The van der Waals surface area contributed by atoms with Crippen LogP contribution in [0.2, 0.25) is 0 Å². The first-order valence-corrected chi connectivity index (χ1v) is 9.80. The Morgan fingerprint density at radius 2 is 1.78 bits per heavy atom. The van der Waals surface area contributed by atoms with Crippen molar-refractivity contribution < 1.29 is 14.3 Å². The van der Waals surface area contributed by atoms with Gasteiger partial charge in [0, 0.05) is 20.5 Å². The molecule has 0 aliphatic rings. The third-order valence-corrected chi connectivity index (χ3v) is 5.21. The summed E-state index contributed by atoms with van der Waals surface area (Å²) in [5.74, 6) is 0.225. The second-order valence-electron chi connectivity index (χ2n) is 5.85. The van der Waals surface area contributed by atoms with Crippen LogP contribution < -0.4 is 10.1 Å². The van der Waals surface area contributed by atoms with Crippen LogP contribution >= 0.6 is 27.3 Å². The maximum absolute atomic E-state index is 12.1. The number of ketones is 1. The largest absolute Gasteiger partial charge is 0.484 e. The van der Waals surface area contributed by atoms with E-state index in [0.717, 1.165) is 20.6 Å². The number of aromatic nitrogens is 1. The molecule has 7 heteroatoms. The van der Waals surface area contributed by atoms with Crippen molar-refractivity contribution >= 4 is 44.1 Å². The smallest absolute Gasteiger partial charge is 0.264 e. The molecule has 1 amide bonds. The average Bonchev–Trinajstić information content (AvgIpc) is 3.01. The predicted octanol–water partition coefficient (Wildman–Crippen LogP) is 5.10. The van der Waals surface area contributed by atoms with Gasteiger partial charge in [-0.3, -0.25) is 14.9 Å². The number of thiazole rings is 1. The van der Waals surface area contributed by atoms with Gasteiger partial charge in [-0.05, 0) is 50.2 Å². The second-order valence-corrected chi connectivity index (χ2v) is 7.97. The molecule has 0 saturated carbocycles. The van der Waals surface area contributed by atoms with E-state index in [1.807, 2.05) is 31.2 Å². The van der Waals surface area contributed by atoms with Gasteiger partial charge in [0.1, 0.15) is 5.75 Å². The number of aryl methyl sites for hydroxylation is 1. The summed E-state index contributed by atoms with van der Waals surface area (Å²) in [6.45, 7) is 3.34. The van der Waals surface area contributed by atoms with Gasteiger partial charge >= 0.3 is 0 Å². The predicted molar refractivity (Wildman–Crippen MR) is 111 cm³/mol. The van der Waals surface area contributed by atoms with E-state index in [4.69, 9.17) is 4.74 Å². The van der Waals surface area contributed by atoms with E-state index in [-0.39, 0.29) is 18.3 Å². The first-order chi connectivity index (χ1) is 12.9. The van der Waals surface area contributed by atoms with Gasteiger partial charge in [0.2, 0.25) is 0 Å². The van der Waals surface area contributed by atoms with Gasteiger partial charge in [0.05, 0.1) is 5.69 Å². The molecular formula is C20H17BrN2O3S. The van der Waals surface area contributed by atoms with Crippen molar-refractivity contribution in [2.75, 3.05) is 11.9 Å². The van der Waals surface area contributed by atoms with Gasteiger partial charge in [-0.15, -0.1) is 11.3 Å². The van der Waals surface area contributed by atoms with Gasteiger partial charge in [-0.2, -0.15) is 0 Å². The standard InChI is InChI=1S/C20H17BrN2O3S/c1-12(24)14-5-9-17(10-6-14)26-11-18(25)22-20-23-19(13(2)27-20)15-3-7-16(21)8-4-15/h3-10H,11H2,1-2H3,(H,22,23,25). The minimum Gasteiger partial charge on any atom is -0.484 e. The zero-order chi connectivity index (χ0) is 19.4. The van der Waals surface area contributed by atoms with Crippen LogP contribution in [0.25, 0.3) is 11.3 Å². The van der Waals surface area contributed by atoms with Crippen LogP contribution in [-0.4, -0.2) is 23.3 Å². The van der Waals surface area contributed by atoms with E-state index in [0.29, 0.717) is 16.4 Å². The number of nitrogens with zero attached hydrogens (tertiary/aromatic N) is 1. The molecule has 27 heavy (non-hydrogen) atoms. The summed E-state index contributed by atoms with van der Waals surface area (Å²) >= 11 is 4.84. The number of carbonyl (C=O) groups excluding carboxylic acids is 2. The Morgan fingerprint density at radius 3 is 2.41 bits per heavy atom. The average molecular weight is 445 g/mol. The van der Waals surface area contributed by atoms with Crippen LogP contribution in [0, 0.1) is 6.92 Å². The van der Waals surface area contributed by atoms with E-state index in [1.165, 1.54) is 18.3 Å². The van der Waals surface area contributed by atoms with Crippen LogP contribution in [0.1, 0.15) is 22.2 Å². The highest BCUT2D eigenvalue weighted by molar-refractivity contribution is 9.10. The van der Waals surface area contributed by atoms with Gasteiger partial charge in [-0.25, -0.2) is 4.98 Å². The van der Waals surface area contributed by atoms with Crippen LogP contribution in [0.5, 0.6) is 5.75 Å². The molecule has 2 aromatic carbocycles. The molecule has 0 spiro atoms. The lowest BCUT2D eigenvalue weighted by atomic mass is 10.1. The third-order valence-electron chi connectivity index (χ3n) is 3.79. The number of hydrogen-bond acceptors (Lipinski definition) is 5. The van der Waals surface area contributed by atoms with Crippen molar-refractivity contribution in [3.05, 3.63) is 63.4 Å². The molecule has 0 aliphatic carbocycles. The minimum atomic E-state index is -0.290. The van der Waals surface area contributed by atoms with Gasteiger partial charge < -0.3 is 4.74 Å². The Kier molecular flexibility index (Phi) is 6.03. The number of rotatable bonds is 6. The van der Waals surface area contributed by atoms with Gasteiger partial charge in [0.15, 0.2) is 17.5 Å². The van der Waals surface area contributed by atoms with E-state index in [1.54, 1.807) is 24.3 Å². The Labute approximate surface area is 169 Å². The number of amides is 1. The van der Waals surface area contributed by atoms with E-state index < -0.39 is 0 Å². The molecule has 1 aromatic heterocycles. The first kappa shape index (κ1) is 19.3. The van der Waals surface area contributed by atoms with Crippen LogP contribution in [0.4, 0.5) is 5.13 Å². The number of carbonyl (C=O) groups is 2. The zero-order valence-corrected chi connectivity index (χ0v) is 17.2. The number of benzene rings is 2. The van der Waals surface area contributed by atoms with E-state index >= 15 is 0 Å². The number of nitrogens with one attached hydrogen (secondary N) is 1. The normalized spacial score (nSPS) is 10.5. The second kappa shape index (κ2) is 8.45. The fourth-order valence-corrected chi connectivity index (χ4v) is 3.53. The lowest BCUT2D eigenvalue weighted by Crippen LogP contribution is -2.20. The summed E-state index contributed by atoms with van der Waals surface area (Å²) in [6.07, 6.45) is 0. The van der Waals surface area contributed by atoms with Crippen molar-refractivity contribution in [3.8, 4) is 17.0 Å². The van der Waals surface area contributed by atoms with E-state index in [9.17, 15) is 9.59 Å². The summed E-state index contributed by atoms with van der Waals surface area (Å²) in [4.78, 5) is 28.9. The van der Waals surface area contributed by atoms with E-state index in [2.05, 4.69) is 26.2 Å². The lowest BCUT2D eigenvalue weighted by Gasteiger charge is -2.06. The molecule has 1 heterocycles. The highest BCUT2D eigenvalue weighted by Crippen LogP contribution is 2.31. The summed E-state index contributed by atoms with van der Waals surface area (Å²) in [5.41, 5.74) is 2.45. The van der Waals surface area contributed by atoms with Crippen LogP contribution in [0.3, 0.4) is 0 Å². The zero-order valence-electron chi connectivity index (χ0n) is 14.8. The Hall–Kier alpha value is -2.51. The number of ether oxygens (including phenoxy) is 1. The molecule has 1 N–H and O–H groups in total. The van der Waals surface area contributed by atoms with Gasteiger partial charge in [0.25, 0.3) is 5.91 Å². The maximum Gasteiger partial charge on any atom is 0.264 e. The topological polar surface area (TPSA) is 68.3 Å². The maximum atomic E-state index is 12.1. The molecule has 0 saturated heterocycles. The van der Waals surface area contributed by atoms with Crippen molar-refractivity contribution in [1.29, 1.82) is 0 Å². The lowest BCUT2D eigenvalue weighted by molar-refractivity contribution is -0.118. The molecule has 5 nitrogen and oxygen atoms in total. The van der Waals surface area contributed by atoms with Crippen molar-refractivity contribution in [1.82, 2.24) is 4.98 Å². The molecule has 0 atom stereocenters. The molecule has 0 radical (unpaired) electrons. The number of halogens is 1. The van der Waals surface area contributed by atoms with Gasteiger partial charge in [-0.1, -0.05) is 28.1 Å². The Morgan fingerprint density at radius 1 is 1.11 bits per heavy atom. The molecule has 0 aliphatic heterocycles. The fourth-order valence-electron chi connectivity index (χ4n) is 2.42. The third kappa shape index (κ3) is 5.02. The van der Waals surface area contributed by atoms with Crippen LogP contribution in [0.15, 0.2) is 53.0 Å². The molecule has 0 bridgehead atoms. The molecule has 0 fully saturated rings. The number of hydrogen-bond donors (Lipinski definition) is 1. The Bertz CT molecular complexity index is 966. The summed E-state index contributed by atoms with van der Waals surface area (Å²) in [7, 11) is 0. The monoisotopic (exact) mass is 444 g/mol. The quantitative estimate of drug-likeness (QED) is 0.536. The molecule has 0 unspecified atom stereocenters. The number of Topliss-reactive ketones (excluding diaryl/α,β-unsaturated/α-hetero) is 1. The molecule has 3 aromatic rings. The summed E-state index contributed by atoms with van der Waals surface area (Å²) in [6, 6.07) is 14.5. The van der Waals surface area contributed by atoms with Crippen molar-refractivity contribution in [2.24, 2.45) is 0 Å². The SMILES string of the molecule is CC(=O)c1ccc(OCC(=O)Nc2nc(-c3ccc(Br)cc3)c(C)s2)cc1. The molecule has 138 valence electrons. The Balaban J connectivity index is 1.60. The van der Waals surface area contributed by atoms with Crippen molar-refractivity contribution in [3.63, 3.8) is 0 Å². The molecule has 3 rings (SSSR count). The highest BCUT2D eigenvalue weighted by atomic mass is 79.9. The summed E-state index contributed by atoms with van der Waals surface area (Å²) < 4.78 is 6.46. The van der Waals surface area contributed by atoms with Crippen LogP contribution in [-0.2, 0) is 4.79 Å². The molecular weight excluding hydrogens is 428 g/mol. The highest BCUT2D eigenvalue weighted by Gasteiger charge is 2.12. The fraction of sp³-hybridized carbons (Fsp3) is 0.150. The summed E-state index contributed by atoms with van der Waals surface area (Å²) in [5, 5.41) is 3.30. The first-order valence-electron chi connectivity index (χ1n) is 8.19.